The highest BCUT2D eigenvalue weighted by Crippen LogP contribution is 2.42. The number of aromatic nitrogens is 1. The molecule has 0 saturated carbocycles. The topological polar surface area (TPSA) is 115 Å². The molecule has 1 aromatic heterocycles. The van der Waals surface area contributed by atoms with Crippen molar-refractivity contribution in [2.24, 2.45) is 0 Å². The maximum atomic E-state index is 14.6. The number of rotatable bonds is 7. The molecule has 246 valence electrons. The van der Waals surface area contributed by atoms with Crippen molar-refractivity contribution in [3.8, 4) is 5.75 Å². The summed E-state index contributed by atoms with van der Waals surface area (Å²) in [6.45, 7) is 3.05. The number of carbonyl (C=O) groups is 3. The van der Waals surface area contributed by atoms with Crippen LogP contribution in [0.2, 0.25) is 0 Å². The average Bonchev–Trinajstić information content (AvgIpc) is 3.51. The molecule has 2 amide bonds. The molecule has 3 aromatic carbocycles. The summed E-state index contributed by atoms with van der Waals surface area (Å²) in [6.07, 6.45) is 0.0466. The molecule has 2 saturated heterocycles. The minimum atomic E-state index is -4.03. The van der Waals surface area contributed by atoms with Gasteiger partial charge < -0.3 is 19.3 Å². The van der Waals surface area contributed by atoms with Crippen molar-refractivity contribution in [3.63, 3.8) is 0 Å². The molecule has 47 heavy (non-hydrogen) atoms. The first-order valence-corrected chi connectivity index (χ1v) is 16.4. The summed E-state index contributed by atoms with van der Waals surface area (Å²) in [7, 11) is -1.36. The molecule has 6 rings (SSSR count). The van der Waals surface area contributed by atoms with Crippen LogP contribution in [-0.4, -0.2) is 72.7 Å². The lowest BCUT2D eigenvalue weighted by Gasteiger charge is -2.48. The van der Waals surface area contributed by atoms with Gasteiger partial charge in [0.25, 0.3) is 21.9 Å². The highest BCUT2D eigenvalue weighted by atomic mass is 32.2. The molecule has 0 N–H and O–H groups in total. The molecule has 2 aliphatic heterocycles. The molecule has 13 heteroatoms. The molecule has 10 nitrogen and oxygen atoms in total. The maximum Gasteiger partial charge on any atom is 0.337 e. The Morgan fingerprint density at radius 1 is 0.979 bits per heavy atom. The molecule has 0 spiro atoms. The monoisotopic (exact) mass is 665 g/mol. The zero-order valence-corrected chi connectivity index (χ0v) is 27.0. The van der Waals surface area contributed by atoms with Crippen molar-refractivity contribution < 1.29 is 41.1 Å². The Morgan fingerprint density at radius 2 is 1.66 bits per heavy atom. The van der Waals surface area contributed by atoms with E-state index in [-0.39, 0.29) is 23.5 Å². The van der Waals surface area contributed by atoms with Gasteiger partial charge in [-0.2, -0.15) is 0 Å². The summed E-state index contributed by atoms with van der Waals surface area (Å²) in [6, 6.07) is 13.1. The number of halogens is 2. The number of methoxy groups -OCH3 is 2. The predicted octanol–water partition coefficient (Wildman–Crippen LogP) is 5.00. The second kappa shape index (κ2) is 11.8. The number of piperidine rings is 1. The van der Waals surface area contributed by atoms with Crippen LogP contribution in [0.15, 0.2) is 71.8 Å². The van der Waals surface area contributed by atoms with Crippen LogP contribution >= 0.6 is 0 Å². The van der Waals surface area contributed by atoms with Gasteiger partial charge in [-0.25, -0.2) is 26.0 Å². The van der Waals surface area contributed by atoms with Crippen LogP contribution in [0.25, 0.3) is 10.9 Å². The number of aryl methyl sites for hydroxylation is 2. The minimum absolute atomic E-state index is 0.0861. The van der Waals surface area contributed by atoms with E-state index < -0.39 is 58.7 Å². The summed E-state index contributed by atoms with van der Waals surface area (Å²) in [5.74, 6) is -4.59. The quantitative estimate of drug-likeness (QED) is 0.255. The molecular weight excluding hydrogens is 632 g/mol. The Bertz CT molecular complexity index is 2010. The van der Waals surface area contributed by atoms with E-state index in [4.69, 9.17) is 9.47 Å². The Kier molecular flexibility index (Phi) is 8.07. The number of carbonyl (C=O) groups excluding carboxylic acids is 3. The highest BCUT2D eigenvalue weighted by Gasteiger charge is 2.53. The van der Waals surface area contributed by atoms with Crippen molar-refractivity contribution >= 4 is 38.7 Å². The molecule has 2 fully saturated rings. The molecule has 4 aromatic rings. The zero-order chi connectivity index (χ0) is 33.8. The maximum absolute atomic E-state index is 14.6. The third kappa shape index (κ3) is 5.52. The number of nitrogens with zero attached hydrogens (tertiary/aromatic N) is 3. The Labute approximate surface area is 270 Å². The first-order chi connectivity index (χ1) is 22.3. The molecular formula is C34H33F2N3O7S. The molecule has 3 heterocycles. The van der Waals surface area contributed by atoms with Crippen LogP contribution in [0, 0.1) is 13.8 Å². The smallest absolute Gasteiger partial charge is 0.337 e. The summed E-state index contributed by atoms with van der Waals surface area (Å²) in [4.78, 5) is 42.8. The zero-order valence-electron chi connectivity index (χ0n) is 26.2. The third-order valence-corrected chi connectivity index (χ3v) is 10.6. The van der Waals surface area contributed by atoms with Gasteiger partial charge in [-0.05, 0) is 61.4 Å². The number of alkyl halides is 2. The van der Waals surface area contributed by atoms with E-state index in [2.05, 4.69) is 0 Å². The molecule has 2 atom stereocenters. The van der Waals surface area contributed by atoms with Crippen LogP contribution in [0.4, 0.5) is 8.78 Å². The predicted molar refractivity (Wildman–Crippen MR) is 168 cm³/mol. The third-order valence-electron chi connectivity index (χ3n) is 8.95. The van der Waals surface area contributed by atoms with Gasteiger partial charge in [0.2, 0.25) is 5.91 Å². The van der Waals surface area contributed by atoms with E-state index in [1.54, 1.807) is 31.2 Å². The summed E-state index contributed by atoms with van der Waals surface area (Å²) in [5, 5.41) is 0.453. The fourth-order valence-electron chi connectivity index (χ4n) is 6.51. The average molecular weight is 666 g/mol. The standard InChI is InChI=1S/C34H33F2N3O7S/c1-20-5-11-24(12-6-20)47(43,44)39-15-13-25-26(28(45-3)17-21(2)29(25)39)19-38-30(22-7-9-23(10-8-22)33(42)46-4)32(41)37-16-14-34(35,36)18-27(37)31(38)40/h5-13,15,17,27,30H,14,16,18-19H2,1-4H3/t27-,30?/m1/s1. The van der Waals surface area contributed by atoms with E-state index in [0.717, 1.165) is 5.56 Å². The number of hydrogen-bond acceptors (Lipinski definition) is 7. The van der Waals surface area contributed by atoms with Gasteiger partial charge in [0.1, 0.15) is 17.8 Å². The van der Waals surface area contributed by atoms with Gasteiger partial charge in [0, 0.05) is 36.5 Å². The number of fused-ring (bicyclic) bond motifs is 2. The van der Waals surface area contributed by atoms with Gasteiger partial charge in [-0.1, -0.05) is 29.8 Å². The normalized spacial score (nSPS) is 19.5. The second-order valence-corrected chi connectivity index (χ2v) is 13.7. The number of piperazine rings is 1. The fourth-order valence-corrected chi connectivity index (χ4v) is 7.92. The Balaban J connectivity index is 1.49. The molecule has 1 unspecified atom stereocenters. The lowest BCUT2D eigenvalue weighted by molar-refractivity contribution is -0.174. The van der Waals surface area contributed by atoms with Crippen LogP contribution < -0.4 is 4.74 Å². The number of ether oxygens (including phenoxy) is 2. The fraction of sp³-hybridized carbons (Fsp3) is 0.324. The first kappa shape index (κ1) is 32.2. The largest absolute Gasteiger partial charge is 0.496 e. The Morgan fingerprint density at radius 3 is 2.30 bits per heavy atom. The lowest BCUT2D eigenvalue weighted by Crippen LogP contribution is -2.64. The number of benzene rings is 3. The van der Waals surface area contributed by atoms with Crippen molar-refractivity contribution in [2.75, 3.05) is 20.8 Å². The van der Waals surface area contributed by atoms with Crippen molar-refractivity contribution in [1.29, 1.82) is 0 Å². The highest BCUT2D eigenvalue weighted by molar-refractivity contribution is 7.90. The number of esters is 1. The molecule has 2 aliphatic rings. The van der Waals surface area contributed by atoms with E-state index in [0.29, 0.717) is 33.3 Å². The molecule has 0 aliphatic carbocycles. The van der Waals surface area contributed by atoms with Crippen molar-refractivity contribution in [2.45, 2.75) is 56.1 Å². The number of hydrogen-bond donors (Lipinski definition) is 0. The van der Waals surface area contributed by atoms with Gasteiger partial charge in [0.05, 0.1) is 36.7 Å². The molecule has 0 radical (unpaired) electrons. The van der Waals surface area contributed by atoms with Gasteiger partial charge in [0.15, 0.2) is 0 Å². The minimum Gasteiger partial charge on any atom is -0.496 e. The van der Waals surface area contributed by atoms with Crippen molar-refractivity contribution in [1.82, 2.24) is 13.8 Å². The summed E-state index contributed by atoms with van der Waals surface area (Å²) < 4.78 is 68.5. The van der Waals surface area contributed by atoms with E-state index in [1.807, 2.05) is 6.92 Å². The first-order valence-electron chi connectivity index (χ1n) is 14.9. The van der Waals surface area contributed by atoms with Gasteiger partial charge in [-0.15, -0.1) is 0 Å². The summed E-state index contributed by atoms with van der Waals surface area (Å²) in [5.41, 5.74) is 2.82. The second-order valence-electron chi connectivity index (χ2n) is 11.9. The Hall–Kier alpha value is -4.78. The van der Waals surface area contributed by atoms with Gasteiger partial charge >= 0.3 is 5.97 Å². The van der Waals surface area contributed by atoms with Crippen LogP contribution in [-0.2, 0) is 30.9 Å². The number of amides is 2. The van der Waals surface area contributed by atoms with E-state index in [9.17, 15) is 31.6 Å². The van der Waals surface area contributed by atoms with Gasteiger partial charge in [-0.3, -0.25) is 9.59 Å². The molecule has 0 bridgehead atoms. The van der Waals surface area contributed by atoms with Crippen molar-refractivity contribution in [3.05, 3.63) is 94.7 Å². The SMILES string of the molecule is COC(=O)c1ccc(C2C(=O)N3CCC(F)(F)C[C@@H]3C(=O)N2Cc2c(OC)cc(C)c3c2ccn3S(=O)(=O)c2ccc(C)cc2)cc1. The van der Waals surface area contributed by atoms with Crippen LogP contribution in [0.5, 0.6) is 5.75 Å². The van der Waals surface area contributed by atoms with E-state index in [1.165, 1.54) is 70.6 Å². The van der Waals surface area contributed by atoms with Crippen LogP contribution in [0.3, 0.4) is 0 Å². The lowest BCUT2D eigenvalue weighted by atomic mass is 9.89. The van der Waals surface area contributed by atoms with Crippen LogP contribution in [0.1, 0.15) is 51.5 Å². The summed E-state index contributed by atoms with van der Waals surface area (Å²) >= 11 is 0. The van der Waals surface area contributed by atoms with E-state index >= 15 is 0 Å².